The van der Waals surface area contributed by atoms with Crippen LogP contribution in [0.15, 0.2) is 16.6 Å². The van der Waals surface area contributed by atoms with Crippen LogP contribution in [0.1, 0.15) is 17.2 Å². The van der Waals surface area contributed by atoms with E-state index >= 15 is 0 Å². The van der Waals surface area contributed by atoms with E-state index < -0.39 is 0 Å². The van der Waals surface area contributed by atoms with Crippen LogP contribution in [0.4, 0.5) is 0 Å². The van der Waals surface area contributed by atoms with E-state index in [4.69, 9.17) is 16.3 Å². The molecule has 1 unspecified atom stereocenters. The molecule has 0 spiro atoms. The Morgan fingerprint density at radius 3 is 3.17 bits per heavy atom. The molecule has 3 heteroatoms. The van der Waals surface area contributed by atoms with Crippen molar-refractivity contribution >= 4 is 27.5 Å². The number of epoxide rings is 1. The van der Waals surface area contributed by atoms with Crippen LogP contribution >= 0.6 is 27.5 Å². The zero-order valence-corrected chi connectivity index (χ0v) is 8.52. The zero-order chi connectivity index (χ0) is 8.29. The molecule has 12 heavy (non-hydrogen) atoms. The number of benzene rings is 1. The Bertz CT molecular complexity index is 364. The van der Waals surface area contributed by atoms with Crippen molar-refractivity contribution in [1.82, 2.24) is 0 Å². The lowest BCUT2D eigenvalue weighted by Crippen LogP contribution is -1.90. The van der Waals surface area contributed by atoms with E-state index in [1.807, 2.05) is 12.1 Å². The molecule has 0 aromatic heterocycles. The van der Waals surface area contributed by atoms with Gasteiger partial charge in [-0.15, -0.1) is 0 Å². The number of hydrogen-bond acceptors (Lipinski definition) is 1. The topological polar surface area (TPSA) is 12.5 Å². The van der Waals surface area contributed by atoms with Gasteiger partial charge in [0, 0.05) is 15.9 Å². The van der Waals surface area contributed by atoms with Crippen LogP contribution in [0.3, 0.4) is 0 Å². The first-order valence-corrected chi connectivity index (χ1v) is 5.06. The van der Waals surface area contributed by atoms with Crippen molar-refractivity contribution in [1.29, 1.82) is 0 Å². The monoisotopic (exact) mass is 244 g/mol. The lowest BCUT2D eigenvalue weighted by molar-refractivity contribution is 0.360. The van der Waals surface area contributed by atoms with E-state index in [9.17, 15) is 0 Å². The Hall–Kier alpha value is -0.0500. The smallest absolute Gasteiger partial charge is 0.110 e. The van der Waals surface area contributed by atoms with E-state index in [-0.39, 0.29) is 0 Å². The van der Waals surface area contributed by atoms with E-state index in [1.165, 1.54) is 11.1 Å². The summed E-state index contributed by atoms with van der Waals surface area (Å²) in [7, 11) is 0. The molecule has 0 saturated carbocycles. The number of hydrogen-bond donors (Lipinski definition) is 0. The number of rotatable bonds is 0. The molecule has 1 aliphatic heterocycles. The van der Waals surface area contributed by atoms with Crippen LogP contribution < -0.4 is 0 Å². The molecule has 3 rings (SSSR count). The fourth-order valence-corrected chi connectivity index (χ4v) is 2.86. The molecule has 1 aromatic rings. The van der Waals surface area contributed by atoms with Gasteiger partial charge in [-0.05, 0) is 23.3 Å². The first kappa shape index (κ1) is 7.36. The van der Waals surface area contributed by atoms with Gasteiger partial charge in [0.05, 0.1) is 6.10 Å². The predicted octanol–water partition coefficient (Wildman–Crippen LogP) is 3.10. The highest BCUT2D eigenvalue weighted by atomic mass is 79.9. The average Bonchev–Trinajstić information content (AvgIpc) is 2.68. The minimum absolute atomic E-state index is 0.343. The standard InChI is InChI=1S/C9H6BrClO/c10-7-2-4(11)1-6-5(7)3-8-9(6)12-8/h1-2,8-9H,3H2/t8?,9-/m0/s1. The summed E-state index contributed by atoms with van der Waals surface area (Å²) in [6.45, 7) is 0. The third-order valence-electron chi connectivity index (χ3n) is 2.49. The first-order valence-electron chi connectivity index (χ1n) is 3.89. The Morgan fingerprint density at radius 1 is 1.50 bits per heavy atom. The number of ether oxygens (including phenoxy) is 1. The fraction of sp³-hybridized carbons (Fsp3) is 0.333. The zero-order valence-electron chi connectivity index (χ0n) is 6.18. The van der Waals surface area contributed by atoms with Crippen LogP contribution in [0.5, 0.6) is 0 Å². The Balaban J connectivity index is 2.24. The molecule has 1 heterocycles. The third-order valence-corrected chi connectivity index (χ3v) is 3.41. The summed E-state index contributed by atoms with van der Waals surface area (Å²) < 4.78 is 6.54. The van der Waals surface area contributed by atoms with Crippen molar-refractivity contribution in [2.24, 2.45) is 0 Å². The van der Waals surface area contributed by atoms with Gasteiger partial charge in [0.1, 0.15) is 6.10 Å². The van der Waals surface area contributed by atoms with Crippen molar-refractivity contribution in [2.75, 3.05) is 0 Å². The van der Waals surface area contributed by atoms with Gasteiger partial charge < -0.3 is 4.74 Å². The van der Waals surface area contributed by atoms with Gasteiger partial charge in [0.15, 0.2) is 0 Å². The lowest BCUT2D eigenvalue weighted by Gasteiger charge is -2.05. The molecule has 62 valence electrons. The molecule has 2 atom stereocenters. The van der Waals surface area contributed by atoms with Gasteiger partial charge in [-0.25, -0.2) is 0 Å². The summed E-state index contributed by atoms with van der Waals surface area (Å²) in [6.07, 6.45) is 1.82. The molecular formula is C9H6BrClO. The van der Waals surface area contributed by atoms with E-state index in [0.717, 1.165) is 15.9 Å². The van der Waals surface area contributed by atoms with Gasteiger partial charge in [-0.2, -0.15) is 0 Å². The molecule has 0 bridgehead atoms. The summed E-state index contributed by atoms with van der Waals surface area (Å²) in [6, 6.07) is 3.96. The van der Waals surface area contributed by atoms with Crippen molar-refractivity contribution < 1.29 is 4.74 Å². The summed E-state index contributed by atoms with van der Waals surface area (Å²) in [4.78, 5) is 0. The maximum atomic E-state index is 5.93. The van der Waals surface area contributed by atoms with Crippen LogP contribution in [-0.2, 0) is 11.2 Å². The molecule has 0 radical (unpaired) electrons. The normalized spacial score (nSPS) is 29.8. The molecule has 0 N–H and O–H groups in total. The van der Waals surface area contributed by atoms with Crippen LogP contribution in [0.2, 0.25) is 5.02 Å². The summed E-state index contributed by atoms with van der Waals surface area (Å²) in [5, 5.41) is 0.789. The number of halogens is 2. The summed E-state index contributed by atoms with van der Waals surface area (Å²) >= 11 is 9.43. The second-order valence-corrected chi connectivity index (χ2v) is 4.55. The van der Waals surface area contributed by atoms with E-state index in [2.05, 4.69) is 15.9 Å². The number of fused-ring (bicyclic) bond motifs is 3. The predicted molar refractivity (Wildman–Crippen MR) is 50.5 cm³/mol. The maximum absolute atomic E-state index is 5.93. The fourth-order valence-electron chi connectivity index (χ4n) is 1.87. The molecule has 1 fully saturated rings. The third kappa shape index (κ3) is 0.889. The second kappa shape index (κ2) is 2.25. The highest BCUT2D eigenvalue weighted by molar-refractivity contribution is 9.10. The minimum Gasteiger partial charge on any atom is -0.364 e. The Morgan fingerprint density at radius 2 is 2.33 bits per heavy atom. The molecule has 1 aliphatic carbocycles. The van der Waals surface area contributed by atoms with Gasteiger partial charge in [0.2, 0.25) is 0 Å². The molecule has 2 aliphatic rings. The van der Waals surface area contributed by atoms with Crippen molar-refractivity contribution in [3.8, 4) is 0 Å². The van der Waals surface area contributed by atoms with Gasteiger partial charge in [-0.1, -0.05) is 27.5 Å². The molecule has 1 aromatic carbocycles. The molecule has 0 amide bonds. The minimum atomic E-state index is 0.343. The van der Waals surface area contributed by atoms with Gasteiger partial charge in [0.25, 0.3) is 0 Å². The largest absolute Gasteiger partial charge is 0.364 e. The van der Waals surface area contributed by atoms with Gasteiger partial charge >= 0.3 is 0 Å². The average molecular weight is 246 g/mol. The SMILES string of the molecule is Clc1cc(Br)c2c(c1)[C@@H]1OC1C2. The van der Waals surface area contributed by atoms with E-state index in [0.29, 0.717) is 12.2 Å². The Kier molecular flexibility index (Phi) is 1.38. The Labute approximate surface area is 83.8 Å². The lowest BCUT2D eigenvalue weighted by atomic mass is 10.1. The highest BCUT2D eigenvalue weighted by Crippen LogP contribution is 2.51. The highest BCUT2D eigenvalue weighted by Gasteiger charge is 2.47. The van der Waals surface area contributed by atoms with Crippen molar-refractivity contribution in [3.05, 3.63) is 32.8 Å². The summed E-state index contributed by atoms with van der Waals surface area (Å²) in [5.41, 5.74) is 2.65. The van der Waals surface area contributed by atoms with Crippen LogP contribution in [0.25, 0.3) is 0 Å². The molecule has 1 saturated heterocycles. The second-order valence-electron chi connectivity index (χ2n) is 3.25. The van der Waals surface area contributed by atoms with Crippen molar-refractivity contribution in [3.63, 3.8) is 0 Å². The summed E-state index contributed by atoms with van der Waals surface area (Å²) in [5.74, 6) is 0. The molecular weight excluding hydrogens is 239 g/mol. The maximum Gasteiger partial charge on any atom is 0.110 e. The van der Waals surface area contributed by atoms with Crippen LogP contribution in [-0.4, -0.2) is 6.10 Å². The molecule has 1 nitrogen and oxygen atoms in total. The first-order chi connectivity index (χ1) is 5.75. The van der Waals surface area contributed by atoms with E-state index in [1.54, 1.807) is 0 Å². The van der Waals surface area contributed by atoms with Gasteiger partial charge in [-0.3, -0.25) is 0 Å². The van der Waals surface area contributed by atoms with Crippen LogP contribution in [0, 0.1) is 0 Å². The quantitative estimate of drug-likeness (QED) is 0.640. The van der Waals surface area contributed by atoms with Crippen molar-refractivity contribution in [2.45, 2.75) is 18.6 Å².